The lowest BCUT2D eigenvalue weighted by molar-refractivity contribution is -0.140. The molecule has 1 fully saturated rings. The number of amides is 3. The second kappa shape index (κ2) is 11.2. The van der Waals surface area contributed by atoms with Gasteiger partial charge in [0.1, 0.15) is 17.2 Å². The number of hydrogen-bond donors (Lipinski definition) is 2. The Labute approximate surface area is 258 Å². The van der Waals surface area contributed by atoms with Gasteiger partial charge in [0, 0.05) is 29.8 Å². The van der Waals surface area contributed by atoms with Gasteiger partial charge in [-0.15, -0.1) is 0 Å². The van der Waals surface area contributed by atoms with Crippen molar-refractivity contribution in [2.45, 2.75) is 69.7 Å². The average molecular weight is 694 g/mol. The van der Waals surface area contributed by atoms with Crippen LogP contribution >= 0.6 is 27.5 Å². The molecule has 234 valence electrons. The fraction of sp³-hybridized carbons (Fsp3) is 0.556. The highest BCUT2D eigenvalue weighted by Crippen LogP contribution is 2.51. The molecule has 0 saturated carbocycles. The number of allylic oxidation sites excluding steroid dienone is 1. The summed E-state index contributed by atoms with van der Waals surface area (Å²) in [5.74, 6) is -2.52. The van der Waals surface area contributed by atoms with Crippen LogP contribution in [0.5, 0.6) is 0 Å². The minimum atomic E-state index is -4.96. The maximum Gasteiger partial charge on any atom is 0.419 e. The van der Waals surface area contributed by atoms with E-state index in [0.29, 0.717) is 62.5 Å². The number of hydrogen-bond acceptors (Lipinski definition) is 7. The topological polar surface area (TPSA) is 107 Å². The van der Waals surface area contributed by atoms with Gasteiger partial charge in [-0.3, -0.25) is 9.59 Å². The lowest BCUT2D eigenvalue weighted by Crippen LogP contribution is -2.59. The van der Waals surface area contributed by atoms with Gasteiger partial charge in [-0.25, -0.2) is 19.2 Å². The van der Waals surface area contributed by atoms with Gasteiger partial charge in [0.15, 0.2) is 10.9 Å². The molecule has 0 bridgehead atoms. The summed E-state index contributed by atoms with van der Waals surface area (Å²) in [6.07, 6.45) is -2.46. The lowest BCUT2D eigenvalue weighted by Gasteiger charge is -2.50. The van der Waals surface area contributed by atoms with Crippen molar-refractivity contribution in [2.24, 2.45) is 10.4 Å². The second-order valence-electron chi connectivity index (χ2n) is 11.9. The fourth-order valence-corrected chi connectivity index (χ4v) is 6.60. The lowest BCUT2D eigenvalue weighted by atomic mass is 9.64. The third-order valence-electron chi connectivity index (χ3n) is 7.87. The molecule has 43 heavy (non-hydrogen) atoms. The van der Waals surface area contributed by atoms with Crippen molar-refractivity contribution >= 4 is 57.1 Å². The van der Waals surface area contributed by atoms with Crippen molar-refractivity contribution in [2.75, 3.05) is 25.0 Å². The zero-order valence-electron chi connectivity index (χ0n) is 23.6. The number of rotatable bonds is 3. The van der Waals surface area contributed by atoms with E-state index < -0.39 is 50.7 Å². The highest BCUT2D eigenvalue weighted by molar-refractivity contribution is 9.09. The number of aliphatic imine (C=N–C) groups is 1. The van der Waals surface area contributed by atoms with Crippen LogP contribution in [0, 0.1) is 11.2 Å². The molecule has 2 N–H and O–H groups in total. The Hall–Kier alpha value is -2.91. The Bertz CT molecular complexity index is 1420. The quantitative estimate of drug-likeness (QED) is 0.243. The number of benzene rings is 1. The number of nitrogens with zero attached hydrogens (tertiary/aromatic N) is 4. The fourth-order valence-electron chi connectivity index (χ4n) is 6.00. The third-order valence-corrected chi connectivity index (χ3v) is 8.65. The molecule has 0 radical (unpaired) electrons. The summed E-state index contributed by atoms with van der Waals surface area (Å²) in [6, 6.07) is 1.40. The van der Waals surface area contributed by atoms with Crippen LogP contribution in [0.4, 0.5) is 28.0 Å². The number of carbonyl (C=O) groups is 3. The molecule has 3 heterocycles. The summed E-state index contributed by atoms with van der Waals surface area (Å²) < 4.78 is 59.1. The first-order valence-electron chi connectivity index (χ1n) is 13.7. The largest absolute Gasteiger partial charge is 0.444 e. The van der Waals surface area contributed by atoms with Crippen LogP contribution in [0.3, 0.4) is 0 Å². The van der Waals surface area contributed by atoms with Gasteiger partial charge < -0.3 is 19.9 Å². The molecular formula is C27H30BrClF4N6O4. The molecule has 4 aliphatic rings. The van der Waals surface area contributed by atoms with E-state index in [9.17, 15) is 31.9 Å². The maximum absolute atomic E-state index is 14.4. The van der Waals surface area contributed by atoms with Gasteiger partial charge in [0.25, 0.3) is 5.91 Å². The molecular weight excluding hydrogens is 664 g/mol. The number of nitrogens with one attached hydrogen (secondary N) is 2. The van der Waals surface area contributed by atoms with E-state index >= 15 is 0 Å². The molecule has 5 rings (SSSR count). The second-order valence-corrected chi connectivity index (χ2v) is 13.1. The first-order valence-corrected chi connectivity index (χ1v) is 15.0. The number of ether oxygens (including phenoxy) is 1. The molecule has 1 saturated heterocycles. The van der Waals surface area contributed by atoms with E-state index in [0.717, 1.165) is 6.07 Å². The van der Waals surface area contributed by atoms with E-state index in [2.05, 4.69) is 31.7 Å². The molecule has 1 unspecified atom stereocenters. The van der Waals surface area contributed by atoms with E-state index in [1.165, 1.54) is 5.01 Å². The SMILES string of the molecule is CC(C)(C)OC(=O)N1CCC2(CCCC3=C2C(=O)N2NC(Br)N=C2N3CC(=O)Nc2ccc(C(F)(F)F)c(F)c2Cl)CC1. The molecule has 10 nitrogen and oxygen atoms in total. The van der Waals surface area contributed by atoms with Crippen LogP contribution in [0.25, 0.3) is 0 Å². The molecule has 3 amide bonds. The molecule has 1 aromatic rings. The van der Waals surface area contributed by atoms with Gasteiger partial charge in [0.05, 0.1) is 11.3 Å². The highest BCUT2D eigenvalue weighted by Gasteiger charge is 2.52. The van der Waals surface area contributed by atoms with E-state index in [1.807, 2.05) is 0 Å². The number of guanidine groups is 1. The van der Waals surface area contributed by atoms with Crippen LogP contribution < -0.4 is 10.7 Å². The molecule has 1 spiro atoms. The van der Waals surface area contributed by atoms with Gasteiger partial charge in [-0.2, -0.15) is 18.6 Å². The Morgan fingerprint density at radius 2 is 1.88 bits per heavy atom. The van der Waals surface area contributed by atoms with Crippen molar-refractivity contribution in [3.05, 3.63) is 39.8 Å². The summed E-state index contributed by atoms with van der Waals surface area (Å²) >= 11 is 9.18. The molecule has 1 atom stereocenters. The monoisotopic (exact) mass is 692 g/mol. The van der Waals surface area contributed by atoms with Crippen molar-refractivity contribution in [1.82, 2.24) is 20.2 Å². The van der Waals surface area contributed by atoms with Crippen LogP contribution in [-0.4, -0.2) is 69.0 Å². The number of alkyl halides is 4. The average Bonchev–Trinajstić information content (AvgIpc) is 3.30. The Morgan fingerprint density at radius 3 is 2.51 bits per heavy atom. The third kappa shape index (κ3) is 6.07. The summed E-state index contributed by atoms with van der Waals surface area (Å²) in [5.41, 5.74) is 0.996. The van der Waals surface area contributed by atoms with Crippen LogP contribution in [-0.2, 0) is 20.5 Å². The van der Waals surface area contributed by atoms with Crippen molar-refractivity contribution < 1.29 is 36.7 Å². The molecule has 1 aromatic carbocycles. The summed E-state index contributed by atoms with van der Waals surface area (Å²) in [7, 11) is 0. The van der Waals surface area contributed by atoms with E-state index in [4.69, 9.17) is 16.3 Å². The van der Waals surface area contributed by atoms with Crippen LogP contribution in [0.2, 0.25) is 5.02 Å². The predicted octanol–water partition coefficient (Wildman–Crippen LogP) is 5.59. The summed E-state index contributed by atoms with van der Waals surface area (Å²) in [4.78, 5) is 47.5. The minimum Gasteiger partial charge on any atom is -0.444 e. The summed E-state index contributed by atoms with van der Waals surface area (Å²) in [6.45, 7) is 5.77. The van der Waals surface area contributed by atoms with Crippen LogP contribution in [0.15, 0.2) is 28.4 Å². The predicted molar refractivity (Wildman–Crippen MR) is 152 cm³/mol. The number of likely N-dealkylation sites (tertiary alicyclic amines) is 1. The Kier molecular flexibility index (Phi) is 8.22. The number of carbonyl (C=O) groups excluding carboxylic acids is 3. The maximum atomic E-state index is 14.4. The zero-order chi connectivity index (χ0) is 31.5. The minimum absolute atomic E-state index is 0.175. The van der Waals surface area contributed by atoms with Gasteiger partial charge in [0.2, 0.25) is 11.9 Å². The summed E-state index contributed by atoms with van der Waals surface area (Å²) in [5, 5.41) is 2.14. The smallest absolute Gasteiger partial charge is 0.419 e. The standard InChI is InChI=1S/C27H30BrClF4N6O4/c1-25(2,3)43-24(42)37-11-9-26(10-12-37)8-4-5-16-18(26)21(41)39-23(35-22(28)36-39)38(16)13-17(40)34-15-7-6-14(27(31,32)33)20(30)19(15)29/h6-7,22,36H,4-5,8-13H2,1-3H3,(H,34,40). The van der Waals surface area contributed by atoms with Gasteiger partial charge >= 0.3 is 12.3 Å². The van der Waals surface area contributed by atoms with Gasteiger partial charge in [-0.05, 0) is 80.9 Å². The molecule has 0 aromatic heterocycles. The van der Waals surface area contributed by atoms with Crippen LogP contribution in [0.1, 0.15) is 58.4 Å². The number of halogens is 6. The molecule has 3 aliphatic heterocycles. The normalized spacial score (nSPS) is 22.0. The Balaban J connectivity index is 1.42. The van der Waals surface area contributed by atoms with Gasteiger partial charge in [-0.1, -0.05) is 11.6 Å². The first-order chi connectivity index (χ1) is 20.0. The first kappa shape index (κ1) is 31.5. The molecule has 16 heteroatoms. The van der Waals surface area contributed by atoms with E-state index in [1.54, 1.807) is 30.6 Å². The van der Waals surface area contributed by atoms with Crippen molar-refractivity contribution in [3.63, 3.8) is 0 Å². The zero-order valence-corrected chi connectivity index (χ0v) is 25.9. The number of fused-ring (bicyclic) bond motifs is 2. The Morgan fingerprint density at radius 1 is 1.21 bits per heavy atom. The van der Waals surface area contributed by atoms with Crippen molar-refractivity contribution in [3.8, 4) is 0 Å². The number of anilines is 1. The number of hydrazine groups is 1. The molecule has 1 aliphatic carbocycles. The highest BCUT2D eigenvalue weighted by atomic mass is 79.9. The van der Waals surface area contributed by atoms with E-state index in [-0.39, 0.29) is 24.1 Å². The van der Waals surface area contributed by atoms with Crippen molar-refractivity contribution in [1.29, 1.82) is 0 Å². The number of piperidine rings is 1.